The minimum absolute atomic E-state index is 0.0492. The second-order valence-corrected chi connectivity index (χ2v) is 4.27. The van der Waals surface area contributed by atoms with Gasteiger partial charge in [-0.1, -0.05) is 0 Å². The van der Waals surface area contributed by atoms with Crippen molar-refractivity contribution in [3.8, 4) is 0 Å². The quantitative estimate of drug-likeness (QED) is 0.643. The topological polar surface area (TPSA) is 119 Å². The van der Waals surface area contributed by atoms with E-state index >= 15 is 0 Å². The van der Waals surface area contributed by atoms with Gasteiger partial charge < -0.3 is 26.2 Å². The Balaban J connectivity index is 2.44. The van der Waals surface area contributed by atoms with E-state index in [0.717, 1.165) is 0 Å². The Morgan fingerprint density at radius 3 is 2.79 bits per heavy atom. The first kappa shape index (κ1) is 13.2. The van der Waals surface area contributed by atoms with Crippen LogP contribution in [-0.2, 0) is 9.53 Å². The minimum Gasteiger partial charge on any atom is -0.478 e. The van der Waals surface area contributed by atoms with Crippen LogP contribution in [0.3, 0.4) is 0 Å². The number of carbonyl (C=O) groups is 2. The van der Waals surface area contributed by atoms with Crippen molar-refractivity contribution in [2.45, 2.75) is 6.04 Å². The summed E-state index contributed by atoms with van der Waals surface area (Å²) in [5.74, 6) is -1.65. The summed E-state index contributed by atoms with van der Waals surface area (Å²) >= 11 is 0. The molecule has 1 fully saturated rings. The molecule has 0 radical (unpaired) electrons. The van der Waals surface area contributed by atoms with Gasteiger partial charge >= 0.3 is 5.97 Å². The molecule has 1 aromatic carbocycles. The number of aromatic carboxylic acids is 1. The average Bonchev–Trinajstić information content (AvgIpc) is 2.38. The van der Waals surface area contributed by atoms with Crippen LogP contribution in [0.5, 0.6) is 0 Å². The third-order valence-electron chi connectivity index (χ3n) is 3.02. The maximum atomic E-state index is 11.4. The van der Waals surface area contributed by atoms with Gasteiger partial charge in [0.15, 0.2) is 0 Å². The summed E-state index contributed by atoms with van der Waals surface area (Å²) in [5.41, 5.74) is 11.7. The van der Waals surface area contributed by atoms with Crippen LogP contribution in [0.1, 0.15) is 10.4 Å². The minimum atomic E-state index is -1.10. The molecule has 1 amide bonds. The second kappa shape index (κ2) is 5.15. The summed E-state index contributed by atoms with van der Waals surface area (Å²) in [6.45, 7) is 0.962. The lowest BCUT2D eigenvalue weighted by molar-refractivity contribution is -0.121. The molecule has 19 heavy (non-hydrogen) atoms. The highest BCUT2D eigenvalue weighted by atomic mass is 16.5. The Morgan fingerprint density at radius 1 is 1.42 bits per heavy atom. The molecule has 0 bridgehead atoms. The first-order valence-electron chi connectivity index (χ1n) is 5.77. The lowest BCUT2D eigenvalue weighted by Crippen LogP contribution is -2.53. The predicted molar refractivity (Wildman–Crippen MR) is 69.0 cm³/mol. The van der Waals surface area contributed by atoms with Gasteiger partial charge in [0, 0.05) is 12.2 Å². The van der Waals surface area contributed by atoms with Crippen LogP contribution in [-0.4, -0.2) is 42.8 Å². The lowest BCUT2D eigenvalue weighted by atomic mass is 10.1. The molecular formula is C12H15N3O4. The summed E-state index contributed by atoms with van der Waals surface area (Å²) in [7, 11) is 0. The highest BCUT2D eigenvalue weighted by Gasteiger charge is 2.30. The van der Waals surface area contributed by atoms with Gasteiger partial charge in [0.25, 0.3) is 0 Å². The maximum Gasteiger partial charge on any atom is 0.337 e. The number of nitrogens with two attached hydrogens (primary N) is 2. The molecule has 1 heterocycles. The Labute approximate surface area is 109 Å². The van der Waals surface area contributed by atoms with Crippen molar-refractivity contribution in [3.05, 3.63) is 23.8 Å². The van der Waals surface area contributed by atoms with E-state index in [1.165, 1.54) is 6.07 Å². The van der Waals surface area contributed by atoms with E-state index in [-0.39, 0.29) is 12.2 Å². The lowest BCUT2D eigenvalue weighted by Gasteiger charge is -2.36. The fourth-order valence-corrected chi connectivity index (χ4v) is 2.10. The van der Waals surface area contributed by atoms with Crippen LogP contribution >= 0.6 is 0 Å². The number of primary amides is 1. The van der Waals surface area contributed by atoms with Crippen molar-refractivity contribution in [1.29, 1.82) is 0 Å². The second-order valence-electron chi connectivity index (χ2n) is 4.27. The predicted octanol–water partition coefficient (Wildman–Crippen LogP) is -0.342. The van der Waals surface area contributed by atoms with E-state index in [0.29, 0.717) is 24.5 Å². The van der Waals surface area contributed by atoms with Crippen LogP contribution in [0.2, 0.25) is 0 Å². The van der Waals surface area contributed by atoms with Crippen LogP contribution in [0, 0.1) is 0 Å². The monoisotopic (exact) mass is 265 g/mol. The molecule has 5 N–H and O–H groups in total. The Morgan fingerprint density at radius 2 is 2.16 bits per heavy atom. The zero-order chi connectivity index (χ0) is 14.0. The number of carbonyl (C=O) groups excluding carboxylic acids is 1. The molecule has 1 aliphatic rings. The number of carboxylic acids is 1. The van der Waals surface area contributed by atoms with Gasteiger partial charge in [-0.2, -0.15) is 0 Å². The van der Waals surface area contributed by atoms with Gasteiger partial charge in [-0.15, -0.1) is 0 Å². The Hall–Kier alpha value is -2.28. The van der Waals surface area contributed by atoms with Gasteiger partial charge in [0.2, 0.25) is 5.91 Å². The number of hydrogen-bond acceptors (Lipinski definition) is 5. The van der Waals surface area contributed by atoms with Gasteiger partial charge in [0.1, 0.15) is 6.04 Å². The molecular weight excluding hydrogens is 250 g/mol. The van der Waals surface area contributed by atoms with Gasteiger partial charge in [-0.25, -0.2) is 4.79 Å². The largest absolute Gasteiger partial charge is 0.478 e. The van der Waals surface area contributed by atoms with Crippen LogP contribution in [0.15, 0.2) is 18.2 Å². The third-order valence-corrected chi connectivity index (χ3v) is 3.02. The van der Waals surface area contributed by atoms with Gasteiger partial charge in [-0.3, -0.25) is 4.79 Å². The van der Waals surface area contributed by atoms with Crippen molar-refractivity contribution in [1.82, 2.24) is 0 Å². The van der Waals surface area contributed by atoms with Crippen molar-refractivity contribution in [2.75, 3.05) is 30.4 Å². The third kappa shape index (κ3) is 2.60. The molecule has 1 saturated heterocycles. The van der Waals surface area contributed by atoms with E-state index in [1.54, 1.807) is 17.0 Å². The van der Waals surface area contributed by atoms with Crippen LogP contribution in [0.25, 0.3) is 0 Å². The summed E-state index contributed by atoms with van der Waals surface area (Å²) in [6, 6.07) is 3.87. The summed E-state index contributed by atoms with van der Waals surface area (Å²) in [6.07, 6.45) is 0. The molecule has 1 aliphatic heterocycles. The van der Waals surface area contributed by atoms with Crippen molar-refractivity contribution in [2.24, 2.45) is 5.73 Å². The molecule has 1 aromatic rings. The average molecular weight is 265 g/mol. The molecule has 0 aromatic heterocycles. The summed E-state index contributed by atoms with van der Waals surface area (Å²) < 4.78 is 5.20. The van der Waals surface area contributed by atoms with Gasteiger partial charge in [0.05, 0.1) is 24.5 Å². The normalized spacial score (nSPS) is 19.2. The fourth-order valence-electron chi connectivity index (χ4n) is 2.10. The molecule has 1 atom stereocenters. The first-order valence-corrected chi connectivity index (χ1v) is 5.77. The van der Waals surface area contributed by atoms with E-state index in [2.05, 4.69) is 0 Å². The van der Waals surface area contributed by atoms with E-state index in [4.69, 9.17) is 16.2 Å². The Bertz CT molecular complexity index is 518. The van der Waals surface area contributed by atoms with Crippen LogP contribution in [0.4, 0.5) is 11.4 Å². The molecule has 7 nitrogen and oxygen atoms in total. The zero-order valence-corrected chi connectivity index (χ0v) is 10.2. The molecule has 102 valence electrons. The number of morpholine rings is 1. The first-order chi connectivity index (χ1) is 9.00. The van der Waals surface area contributed by atoms with Crippen molar-refractivity contribution < 1.29 is 19.4 Å². The number of benzene rings is 1. The Kier molecular flexibility index (Phi) is 3.57. The number of carboxylic acid groups (broad SMARTS) is 1. The smallest absolute Gasteiger partial charge is 0.337 e. The maximum absolute atomic E-state index is 11.4. The highest BCUT2D eigenvalue weighted by Crippen LogP contribution is 2.26. The molecule has 1 unspecified atom stereocenters. The number of amides is 1. The van der Waals surface area contributed by atoms with Crippen molar-refractivity contribution >= 4 is 23.3 Å². The number of anilines is 2. The summed E-state index contributed by atoms with van der Waals surface area (Å²) in [4.78, 5) is 24.3. The van der Waals surface area contributed by atoms with Crippen molar-refractivity contribution in [3.63, 3.8) is 0 Å². The number of ether oxygens (including phenoxy) is 1. The highest BCUT2D eigenvalue weighted by molar-refractivity contribution is 5.97. The molecule has 0 spiro atoms. The fraction of sp³-hybridized carbons (Fsp3) is 0.333. The SMILES string of the molecule is NC(=O)C1COCCN1c1ccc(N)cc1C(=O)O. The molecule has 0 saturated carbocycles. The van der Waals surface area contributed by atoms with Crippen LogP contribution < -0.4 is 16.4 Å². The van der Waals surface area contributed by atoms with Gasteiger partial charge in [-0.05, 0) is 18.2 Å². The van der Waals surface area contributed by atoms with E-state index in [1.807, 2.05) is 0 Å². The molecule has 0 aliphatic carbocycles. The zero-order valence-electron chi connectivity index (χ0n) is 10.2. The number of nitrogens with zero attached hydrogens (tertiary/aromatic N) is 1. The summed E-state index contributed by atoms with van der Waals surface area (Å²) in [5, 5.41) is 9.22. The van der Waals surface area contributed by atoms with E-state index in [9.17, 15) is 14.7 Å². The number of hydrogen-bond donors (Lipinski definition) is 3. The molecule has 2 rings (SSSR count). The van der Waals surface area contributed by atoms with E-state index < -0.39 is 17.9 Å². The number of rotatable bonds is 3. The number of nitrogen functional groups attached to an aromatic ring is 1. The molecule has 7 heteroatoms. The standard InChI is InChI=1S/C12H15N3O4/c13-7-1-2-9(8(5-7)12(17)18)15-3-4-19-6-10(15)11(14)16/h1-2,5,10H,3-4,6,13H2,(H2,14,16)(H,17,18).